The average molecular weight is 517 g/mol. The fourth-order valence-corrected chi connectivity index (χ4v) is 9.00. The van der Waals surface area contributed by atoms with Gasteiger partial charge in [0.05, 0.1) is 11.7 Å². The van der Waals surface area contributed by atoms with Crippen LogP contribution in [0, 0.1) is 39.4 Å². The second kappa shape index (κ2) is 8.17. The molecule has 0 heterocycles. The van der Waals surface area contributed by atoms with E-state index in [2.05, 4.69) is 13.0 Å². The topological polar surface area (TPSA) is 132 Å². The van der Waals surface area contributed by atoms with Crippen LogP contribution in [-0.2, 0) is 14.4 Å². The van der Waals surface area contributed by atoms with E-state index in [1.807, 2.05) is 27.7 Å². The molecule has 0 bridgehead atoms. The van der Waals surface area contributed by atoms with E-state index in [4.69, 9.17) is 0 Å². The molecule has 0 aliphatic heterocycles. The summed E-state index contributed by atoms with van der Waals surface area (Å²) in [4.78, 5) is 40.2. The zero-order valence-electron chi connectivity index (χ0n) is 23.5. The first-order valence-electron chi connectivity index (χ1n) is 13.5. The van der Waals surface area contributed by atoms with E-state index in [9.17, 15) is 34.8 Å². The largest absolute Gasteiger partial charge is 0.393 e. The number of carbonyl (C=O) groups excluding carboxylic acids is 3. The molecule has 4 aliphatic rings. The molecule has 206 valence electrons. The third-order valence-electron chi connectivity index (χ3n) is 11.1. The highest BCUT2D eigenvalue weighted by Gasteiger charge is 2.74. The fourth-order valence-electron chi connectivity index (χ4n) is 9.00. The van der Waals surface area contributed by atoms with Crippen molar-refractivity contribution in [3.05, 3.63) is 23.8 Å². The number of Topliss-reactive ketones (excluding diaryl/α,β-unsaturated/α-hetero) is 2. The Morgan fingerprint density at radius 1 is 1.03 bits per heavy atom. The molecule has 7 heteroatoms. The molecule has 4 rings (SSSR count). The second-order valence-corrected chi connectivity index (χ2v) is 14.2. The average Bonchev–Trinajstić information content (AvgIpc) is 2.96. The number of aliphatic hydroxyl groups is 4. The van der Waals surface area contributed by atoms with Crippen LogP contribution in [0.25, 0.3) is 0 Å². The summed E-state index contributed by atoms with van der Waals surface area (Å²) in [6, 6.07) is 0. The lowest BCUT2D eigenvalue weighted by atomic mass is 9.38. The fraction of sp³-hybridized carbons (Fsp3) is 0.767. The molecule has 37 heavy (non-hydrogen) atoms. The highest BCUT2D eigenvalue weighted by atomic mass is 16.3. The first-order valence-corrected chi connectivity index (χ1v) is 13.5. The Labute approximate surface area is 220 Å². The molecule has 4 N–H and O–H groups in total. The van der Waals surface area contributed by atoms with Crippen molar-refractivity contribution in [3.63, 3.8) is 0 Å². The molecule has 2 unspecified atom stereocenters. The smallest absolute Gasteiger partial charge is 0.187 e. The number of ketones is 3. The quantitative estimate of drug-likeness (QED) is 0.334. The van der Waals surface area contributed by atoms with Gasteiger partial charge in [-0.3, -0.25) is 14.4 Å². The zero-order valence-corrected chi connectivity index (χ0v) is 23.5. The van der Waals surface area contributed by atoms with Gasteiger partial charge >= 0.3 is 0 Å². The van der Waals surface area contributed by atoms with Crippen molar-refractivity contribution in [2.75, 3.05) is 0 Å². The molecule has 3 saturated carbocycles. The van der Waals surface area contributed by atoms with Crippen LogP contribution < -0.4 is 0 Å². The molecule has 7 nitrogen and oxygen atoms in total. The maximum atomic E-state index is 14.2. The molecule has 0 aromatic carbocycles. The van der Waals surface area contributed by atoms with Crippen molar-refractivity contribution in [1.82, 2.24) is 0 Å². The van der Waals surface area contributed by atoms with Gasteiger partial charge in [0, 0.05) is 23.2 Å². The minimum absolute atomic E-state index is 0.0141. The van der Waals surface area contributed by atoms with Gasteiger partial charge < -0.3 is 20.4 Å². The van der Waals surface area contributed by atoms with Gasteiger partial charge in [0.1, 0.15) is 17.5 Å². The Morgan fingerprint density at radius 3 is 2.19 bits per heavy atom. The molecule has 0 aromatic heterocycles. The minimum Gasteiger partial charge on any atom is -0.393 e. The van der Waals surface area contributed by atoms with Crippen LogP contribution in [-0.4, -0.2) is 61.2 Å². The molecular weight excluding hydrogens is 472 g/mol. The summed E-state index contributed by atoms with van der Waals surface area (Å²) in [6.45, 7) is 14.0. The van der Waals surface area contributed by atoms with Crippen molar-refractivity contribution in [1.29, 1.82) is 0 Å². The second-order valence-electron chi connectivity index (χ2n) is 14.2. The Balaban J connectivity index is 1.80. The summed E-state index contributed by atoms with van der Waals surface area (Å²) in [5, 5.41) is 43.7. The lowest BCUT2D eigenvalue weighted by Crippen LogP contribution is -2.65. The number of carbonyl (C=O) groups is 3. The van der Waals surface area contributed by atoms with Crippen molar-refractivity contribution < 1.29 is 34.8 Å². The van der Waals surface area contributed by atoms with Crippen molar-refractivity contribution in [2.24, 2.45) is 39.4 Å². The van der Waals surface area contributed by atoms with E-state index in [1.54, 1.807) is 0 Å². The molecule has 0 aromatic rings. The summed E-state index contributed by atoms with van der Waals surface area (Å²) in [5.74, 6) is -2.24. The number of fused-ring (bicyclic) bond motifs is 5. The van der Waals surface area contributed by atoms with Crippen LogP contribution in [0.15, 0.2) is 23.8 Å². The predicted molar refractivity (Wildman–Crippen MR) is 138 cm³/mol. The van der Waals surface area contributed by atoms with E-state index in [0.717, 1.165) is 5.57 Å². The highest BCUT2D eigenvalue weighted by Crippen LogP contribution is 2.74. The normalized spacial score (nSPS) is 45.1. The Bertz CT molecular complexity index is 1090. The van der Waals surface area contributed by atoms with Crippen LogP contribution in [0.2, 0.25) is 0 Å². The van der Waals surface area contributed by atoms with E-state index >= 15 is 0 Å². The Morgan fingerprint density at radius 2 is 1.62 bits per heavy atom. The maximum absolute atomic E-state index is 14.2. The van der Waals surface area contributed by atoms with Crippen LogP contribution in [0.3, 0.4) is 0 Å². The summed E-state index contributed by atoms with van der Waals surface area (Å²) >= 11 is 0. The number of allylic oxidation sites excluding steroid dienone is 2. The van der Waals surface area contributed by atoms with Gasteiger partial charge in [-0.25, -0.2) is 0 Å². The van der Waals surface area contributed by atoms with E-state index in [-0.39, 0.29) is 36.2 Å². The molecular formula is C30H44O7. The number of hydrogen-bond acceptors (Lipinski definition) is 7. The number of hydrogen-bond donors (Lipinski definition) is 4. The zero-order chi connectivity index (χ0) is 28.1. The van der Waals surface area contributed by atoms with Crippen molar-refractivity contribution in [3.8, 4) is 0 Å². The summed E-state index contributed by atoms with van der Waals surface area (Å²) in [5.41, 5.74) is -5.46. The highest BCUT2D eigenvalue weighted by molar-refractivity contribution is 5.98. The monoisotopic (exact) mass is 516 g/mol. The molecule has 9 atom stereocenters. The van der Waals surface area contributed by atoms with Gasteiger partial charge in [-0.2, -0.15) is 0 Å². The first kappa shape index (κ1) is 28.3. The van der Waals surface area contributed by atoms with Gasteiger partial charge in [0.2, 0.25) is 0 Å². The number of aliphatic hydroxyl groups excluding tert-OH is 2. The van der Waals surface area contributed by atoms with Crippen LogP contribution in [0.1, 0.15) is 81.1 Å². The maximum Gasteiger partial charge on any atom is 0.187 e. The Hall–Kier alpha value is -1.67. The molecule has 0 radical (unpaired) electrons. The standard InChI is InChI=1S/C30H44O7/c1-25(2,36)12-11-21(33)30(8,37)23-19(32)14-27(5)20-10-9-16-17(13-18(31)24(35)26(16,3)4)29(20,7)22(34)15-28(23,27)6/h9,11-12,17-20,23,31-32,36-37H,10,13-15H2,1-8H3/b12-11+/t17?,18-,19+,20?,23-,27-,28+,29-,30-/m0/s1. The van der Waals surface area contributed by atoms with Gasteiger partial charge in [-0.1, -0.05) is 38.5 Å². The molecule has 0 spiro atoms. The predicted octanol–water partition coefficient (Wildman–Crippen LogP) is 2.93. The van der Waals surface area contributed by atoms with Crippen LogP contribution in [0.5, 0.6) is 0 Å². The minimum atomic E-state index is -1.95. The first-order chi connectivity index (χ1) is 16.7. The van der Waals surface area contributed by atoms with Crippen LogP contribution >= 0.6 is 0 Å². The van der Waals surface area contributed by atoms with Gasteiger partial charge in [0.15, 0.2) is 11.6 Å². The van der Waals surface area contributed by atoms with Crippen molar-refractivity contribution in [2.45, 2.75) is 104 Å². The van der Waals surface area contributed by atoms with Gasteiger partial charge in [0.25, 0.3) is 0 Å². The number of rotatable bonds is 4. The van der Waals surface area contributed by atoms with E-state index in [1.165, 1.54) is 32.9 Å². The molecule has 0 amide bonds. The summed E-state index contributed by atoms with van der Waals surface area (Å²) in [7, 11) is 0. The third kappa shape index (κ3) is 3.71. The molecule has 4 aliphatic carbocycles. The lowest BCUT2D eigenvalue weighted by molar-refractivity contribution is -0.183. The van der Waals surface area contributed by atoms with Crippen molar-refractivity contribution >= 4 is 17.3 Å². The molecule has 0 saturated heterocycles. The summed E-state index contributed by atoms with van der Waals surface area (Å²) < 4.78 is 0. The van der Waals surface area contributed by atoms with E-state index < -0.39 is 56.8 Å². The third-order valence-corrected chi connectivity index (χ3v) is 11.1. The van der Waals surface area contributed by atoms with Gasteiger partial charge in [-0.15, -0.1) is 0 Å². The van der Waals surface area contributed by atoms with Crippen LogP contribution in [0.4, 0.5) is 0 Å². The SMILES string of the molecule is CC(C)(O)/C=C/C(=O)[C@](C)(O)[C@H]1[C@H](O)C[C@@]2(C)C3CC=C4C(C[C@H](O)C(=O)C4(C)C)[C@]3(C)C(=O)C[C@]12C. The Kier molecular flexibility index (Phi) is 6.26. The van der Waals surface area contributed by atoms with Gasteiger partial charge in [-0.05, 0) is 82.6 Å². The summed E-state index contributed by atoms with van der Waals surface area (Å²) in [6.07, 6.45) is 3.54. The lowest BCUT2D eigenvalue weighted by Gasteiger charge is -2.64. The van der Waals surface area contributed by atoms with E-state index in [0.29, 0.717) is 12.8 Å². The molecule has 3 fully saturated rings.